The van der Waals surface area contributed by atoms with E-state index < -0.39 is 0 Å². The summed E-state index contributed by atoms with van der Waals surface area (Å²) in [5.74, 6) is 2.34. The van der Waals surface area contributed by atoms with Crippen molar-refractivity contribution in [1.29, 1.82) is 0 Å². The first-order valence-corrected chi connectivity index (χ1v) is 9.28. The molecule has 0 radical (unpaired) electrons. The van der Waals surface area contributed by atoms with Gasteiger partial charge in [-0.1, -0.05) is 64.1 Å². The SMILES string of the molecule is COc1c(C(C)C)ccc2ccccc12.COc1ccc(F)cc1C(C)C. The van der Waals surface area contributed by atoms with Gasteiger partial charge in [0.1, 0.15) is 17.3 Å². The second-order valence-electron chi connectivity index (χ2n) is 7.10. The van der Waals surface area contributed by atoms with Crippen LogP contribution in [0.4, 0.5) is 4.39 Å². The highest BCUT2D eigenvalue weighted by Crippen LogP contribution is 2.33. The van der Waals surface area contributed by atoms with Crippen LogP contribution in [0.25, 0.3) is 10.8 Å². The zero-order chi connectivity index (χ0) is 20.0. The average Bonchev–Trinajstić information content (AvgIpc) is 2.67. The van der Waals surface area contributed by atoms with Gasteiger partial charge in [-0.15, -0.1) is 0 Å². The maximum absolute atomic E-state index is 12.8. The van der Waals surface area contributed by atoms with Crippen molar-refractivity contribution in [3.05, 3.63) is 71.5 Å². The van der Waals surface area contributed by atoms with Crippen molar-refractivity contribution in [2.45, 2.75) is 39.5 Å². The number of fused-ring (bicyclic) bond motifs is 1. The van der Waals surface area contributed by atoms with E-state index in [4.69, 9.17) is 9.47 Å². The molecule has 0 heterocycles. The normalized spacial score (nSPS) is 10.7. The molecule has 0 spiro atoms. The lowest BCUT2D eigenvalue weighted by Gasteiger charge is -2.14. The van der Waals surface area contributed by atoms with Crippen LogP contribution >= 0.6 is 0 Å². The highest BCUT2D eigenvalue weighted by atomic mass is 19.1. The fourth-order valence-corrected chi connectivity index (χ4v) is 3.10. The van der Waals surface area contributed by atoms with Gasteiger partial charge in [0.05, 0.1) is 14.2 Å². The Balaban J connectivity index is 0.000000199. The molecule has 3 aromatic rings. The number of rotatable bonds is 4. The van der Waals surface area contributed by atoms with Gasteiger partial charge in [-0.3, -0.25) is 0 Å². The van der Waals surface area contributed by atoms with Crippen LogP contribution in [0, 0.1) is 5.82 Å². The van der Waals surface area contributed by atoms with E-state index in [0.717, 1.165) is 17.1 Å². The molecule has 0 aromatic heterocycles. The quantitative estimate of drug-likeness (QED) is 0.497. The van der Waals surface area contributed by atoms with E-state index in [1.807, 2.05) is 13.8 Å². The molecule has 144 valence electrons. The van der Waals surface area contributed by atoms with E-state index in [2.05, 4.69) is 50.2 Å². The third kappa shape index (κ3) is 5.00. The third-order valence-corrected chi connectivity index (χ3v) is 4.55. The van der Waals surface area contributed by atoms with E-state index in [1.165, 1.54) is 28.5 Å². The number of hydrogen-bond donors (Lipinski definition) is 0. The average molecular weight is 368 g/mol. The van der Waals surface area contributed by atoms with Gasteiger partial charge >= 0.3 is 0 Å². The molecule has 3 heteroatoms. The standard InChI is InChI=1S/C14H16O.C10H13FO/c1-10(2)12-9-8-11-6-4-5-7-13(11)14(12)15-3;1-7(2)9-6-8(11)4-5-10(9)12-3/h4-10H,1-3H3;4-7H,1-3H3. The van der Waals surface area contributed by atoms with E-state index >= 15 is 0 Å². The summed E-state index contributed by atoms with van der Waals surface area (Å²) in [6.45, 7) is 8.40. The van der Waals surface area contributed by atoms with Crippen molar-refractivity contribution in [2.24, 2.45) is 0 Å². The highest BCUT2D eigenvalue weighted by Gasteiger charge is 2.10. The highest BCUT2D eigenvalue weighted by molar-refractivity contribution is 5.89. The fourth-order valence-electron chi connectivity index (χ4n) is 3.10. The van der Waals surface area contributed by atoms with Gasteiger partial charge < -0.3 is 9.47 Å². The molecule has 0 aliphatic rings. The maximum Gasteiger partial charge on any atom is 0.130 e. The molecule has 0 saturated heterocycles. The molecule has 27 heavy (non-hydrogen) atoms. The monoisotopic (exact) mass is 368 g/mol. The van der Waals surface area contributed by atoms with E-state index in [9.17, 15) is 4.39 Å². The predicted octanol–water partition coefficient (Wildman–Crippen LogP) is 6.93. The molecule has 0 fully saturated rings. The van der Waals surface area contributed by atoms with Crippen LogP contribution in [-0.4, -0.2) is 14.2 Å². The van der Waals surface area contributed by atoms with Crippen LogP contribution in [-0.2, 0) is 0 Å². The maximum atomic E-state index is 12.8. The summed E-state index contributed by atoms with van der Waals surface area (Å²) >= 11 is 0. The fraction of sp³-hybridized carbons (Fsp3) is 0.333. The van der Waals surface area contributed by atoms with Crippen molar-refractivity contribution >= 4 is 10.8 Å². The minimum absolute atomic E-state index is 0.209. The number of halogens is 1. The molecule has 3 rings (SSSR count). The Morgan fingerprint density at radius 2 is 1.41 bits per heavy atom. The summed E-state index contributed by atoms with van der Waals surface area (Å²) < 4.78 is 23.4. The summed E-state index contributed by atoms with van der Waals surface area (Å²) in [6.07, 6.45) is 0. The molecule has 0 amide bonds. The Morgan fingerprint density at radius 3 is 2.00 bits per heavy atom. The van der Waals surface area contributed by atoms with E-state index in [1.54, 1.807) is 20.3 Å². The summed E-state index contributed by atoms with van der Waals surface area (Å²) in [5, 5.41) is 2.44. The van der Waals surface area contributed by atoms with Gasteiger partial charge in [0.25, 0.3) is 0 Å². The first-order chi connectivity index (χ1) is 12.9. The molecule has 0 bridgehead atoms. The van der Waals surface area contributed by atoms with Crippen LogP contribution in [0.1, 0.15) is 50.7 Å². The first-order valence-electron chi connectivity index (χ1n) is 9.28. The summed E-state index contributed by atoms with van der Waals surface area (Å²) in [4.78, 5) is 0. The van der Waals surface area contributed by atoms with Gasteiger partial charge in [-0.05, 0) is 46.5 Å². The zero-order valence-corrected chi connectivity index (χ0v) is 17.0. The number of hydrogen-bond acceptors (Lipinski definition) is 2. The largest absolute Gasteiger partial charge is 0.496 e. The summed E-state index contributed by atoms with van der Waals surface area (Å²) in [7, 11) is 3.34. The number of methoxy groups -OCH3 is 2. The van der Waals surface area contributed by atoms with Crippen molar-refractivity contribution < 1.29 is 13.9 Å². The molecule has 2 nitrogen and oxygen atoms in total. The molecular weight excluding hydrogens is 339 g/mol. The smallest absolute Gasteiger partial charge is 0.130 e. The van der Waals surface area contributed by atoms with Crippen molar-refractivity contribution in [1.82, 2.24) is 0 Å². The first kappa shape index (κ1) is 20.8. The molecule has 3 aromatic carbocycles. The predicted molar refractivity (Wildman–Crippen MR) is 112 cm³/mol. The minimum Gasteiger partial charge on any atom is -0.496 e. The van der Waals surface area contributed by atoms with Crippen LogP contribution in [0.5, 0.6) is 11.5 Å². The van der Waals surface area contributed by atoms with Gasteiger partial charge in [0, 0.05) is 5.39 Å². The van der Waals surface area contributed by atoms with Crippen molar-refractivity contribution in [3.63, 3.8) is 0 Å². The second-order valence-corrected chi connectivity index (χ2v) is 7.10. The van der Waals surface area contributed by atoms with Crippen LogP contribution in [0.3, 0.4) is 0 Å². The Hall–Kier alpha value is -2.55. The molecular formula is C24H29FO2. The van der Waals surface area contributed by atoms with Gasteiger partial charge in [-0.25, -0.2) is 4.39 Å². The molecule has 0 aliphatic heterocycles. The number of ether oxygens (including phenoxy) is 2. The molecule has 0 saturated carbocycles. The van der Waals surface area contributed by atoms with Crippen molar-refractivity contribution in [2.75, 3.05) is 14.2 Å². The van der Waals surface area contributed by atoms with Crippen LogP contribution in [0.15, 0.2) is 54.6 Å². The Labute approximate surface area is 161 Å². The summed E-state index contributed by atoms with van der Waals surface area (Å²) in [5.41, 5.74) is 2.19. The Bertz CT molecular complexity index is 885. The molecule has 0 atom stereocenters. The zero-order valence-electron chi connectivity index (χ0n) is 17.0. The van der Waals surface area contributed by atoms with Gasteiger partial charge in [0.15, 0.2) is 0 Å². The van der Waals surface area contributed by atoms with Gasteiger partial charge in [-0.2, -0.15) is 0 Å². The lowest BCUT2D eigenvalue weighted by atomic mass is 9.98. The Kier molecular flexibility index (Phi) is 7.23. The van der Waals surface area contributed by atoms with Crippen LogP contribution < -0.4 is 9.47 Å². The topological polar surface area (TPSA) is 18.5 Å². The van der Waals surface area contributed by atoms with E-state index in [0.29, 0.717) is 5.92 Å². The van der Waals surface area contributed by atoms with Crippen LogP contribution in [0.2, 0.25) is 0 Å². The molecule has 0 aliphatic carbocycles. The number of benzene rings is 3. The third-order valence-electron chi connectivity index (χ3n) is 4.55. The van der Waals surface area contributed by atoms with E-state index in [-0.39, 0.29) is 11.7 Å². The van der Waals surface area contributed by atoms with Crippen molar-refractivity contribution in [3.8, 4) is 11.5 Å². The molecule has 0 N–H and O–H groups in total. The Morgan fingerprint density at radius 1 is 0.741 bits per heavy atom. The second kappa shape index (κ2) is 9.40. The lowest BCUT2D eigenvalue weighted by molar-refractivity contribution is 0.406. The minimum atomic E-state index is -0.209. The molecule has 0 unspecified atom stereocenters. The summed E-state index contributed by atoms with van der Waals surface area (Å²) in [6, 6.07) is 17.2. The van der Waals surface area contributed by atoms with Gasteiger partial charge in [0.2, 0.25) is 0 Å². The lowest BCUT2D eigenvalue weighted by Crippen LogP contribution is -1.94.